The first-order chi connectivity index (χ1) is 21.5. The van der Waals surface area contributed by atoms with Crippen molar-refractivity contribution in [2.45, 2.75) is 59.3 Å². The van der Waals surface area contributed by atoms with Crippen LogP contribution in [0.15, 0.2) is 79.1 Å². The molecule has 5 heterocycles. The third-order valence-electron chi connectivity index (χ3n) is 10.0. The average Bonchev–Trinajstić information content (AvgIpc) is 3.55. The van der Waals surface area contributed by atoms with Crippen LogP contribution >= 0.6 is 0 Å². The van der Waals surface area contributed by atoms with Crippen molar-refractivity contribution in [2.75, 3.05) is 0 Å². The number of benzene rings is 4. The molecule has 0 aliphatic carbocycles. The average molecular weight is 777 g/mol. The summed E-state index contributed by atoms with van der Waals surface area (Å²) in [6.07, 6.45) is 3.93. The molecular weight excluding hydrogens is 743 g/mol. The standard InChI is InChI=1S/C40H34N5.Ir/c1-22-18-31-33(19-23(22)2)45-37(42-31)27-12-8-10-25(35(27)43-38(45)39(3,4)5)24-14-15-32-28(20-24)26-11-9-13-30-36(26)44(32)34-21-41-17-16-29(34)40(30,6)7;/h8-11,13-21H,1-7H3;/q-1;. The van der Waals surface area contributed by atoms with E-state index in [1.165, 1.54) is 44.1 Å². The normalized spacial score (nSPS) is 14.0. The van der Waals surface area contributed by atoms with Gasteiger partial charge in [-0.1, -0.05) is 69.8 Å². The van der Waals surface area contributed by atoms with E-state index in [1.807, 2.05) is 18.5 Å². The van der Waals surface area contributed by atoms with E-state index < -0.39 is 0 Å². The summed E-state index contributed by atoms with van der Waals surface area (Å²) in [6.45, 7) is 15.6. The molecule has 4 aromatic heterocycles. The van der Waals surface area contributed by atoms with Gasteiger partial charge in [-0.3, -0.25) is 15.0 Å². The Bertz CT molecular complexity index is 2580. The second-order valence-electron chi connectivity index (χ2n) is 14.3. The molecule has 4 aromatic carbocycles. The van der Waals surface area contributed by atoms with E-state index in [9.17, 15) is 0 Å². The number of aryl methyl sites for hydroxylation is 2. The van der Waals surface area contributed by atoms with E-state index in [-0.39, 0.29) is 30.9 Å². The molecule has 0 spiro atoms. The SMILES string of the molecule is Cc1cc2nc3c4[c-]ccc(-c5ccc6c(c5)c5cccc7c5n6-c5cnccc5C7(C)C)c4nc(C(C)(C)C)n3c2cc1C.[Ir]. The summed E-state index contributed by atoms with van der Waals surface area (Å²) in [5.74, 6) is 0.996. The summed E-state index contributed by atoms with van der Waals surface area (Å²) in [5.41, 5.74) is 14.6. The molecule has 0 saturated heterocycles. The van der Waals surface area contributed by atoms with E-state index in [2.05, 4.69) is 129 Å². The Morgan fingerprint density at radius 2 is 1.63 bits per heavy atom. The zero-order valence-electron chi connectivity index (χ0n) is 27.1. The second-order valence-corrected chi connectivity index (χ2v) is 14.3. The molecule has 0 unspecified atom stereocenters. The molecule has 0 atom stereocenters. The predicted octanol–water partition coefficient (Wildman–Crippen LogP) is 9.55. The fraction of sp³-hybridized carbons (Fsp3) is 0.225. The van der Waals surface area contributed by atoms with Crippen LogP contribution < -0.4 is 0 Å². The molecule has 0 N–H and O–H groups in total. The van der Waals surface area contributed by atoms with E-state index in [4.69, 9.17) is 9.97 Å². The van der Waals surface area contributed by atoms with Gasteiger partial charge in [-0.2, -0.15) is 0 Å². The largest absolute Gasteiger partial charge is 0.321 e. The maximum absolute atomic E-state index is 5.44. The molecule has 5 nitrogen and oxygen atoms in total. The van der Waals surface area contributed by atoms with Gasteiger partial charge in [-0.25, -0.2) is 0 Å². The van der Waals surface area contributed by atoms with Crippen molar-refractivity contribution in [3.8, 4) is 16.8 Å². The Morgan fingerprint density at radius 3 is 2.43 bits per heavy atom. The quantitative estimate of drug-likeness (QED) is 0.156. The van der Waals surface area contributed by atoms with Crippen LogP contribution in [0.25, 0.3) is 66.2 Å². The van der Waals surface area contributed by atoms with Gasteiger partial charge in [-0.05, 0) is 77.5 Å². The first-order valence-corrected chi connectivity index (χ1v) is 15.7. The Morgan fingerprint density at radius 1 is 0.826 bits per heavy atom. The molecule has 6 heteroatoms. The fourth-order valence-corrected chi connectivity index (χ4v) is 7.61. The third-order valence-corrected chi connectivity index (χ3v) is 10.0. The fourth-order valence-electron chi connectivity index (χ4n) is 7.61. The van der Waals surface area contributed by atoms with Crippen molar-refractivity contribution >= 4 is 49.4 Å². The molecule has 0 amide bonds. The van der Waals surface area contributed by atoms with Crippen LogP contribution in [0.1, 0.15) is 62.7 Å². The molecule has 8 aromatic rings. The maximum atomic E-state index is 5.44. The van der Waals surface area contributed by atoms with Gasteiger partial charge >= 0.3 is 0 Å². The van der Waals surface area contributed by atoms with Crippen molar-refractivity contribution in [3.05, 3.63) is 113 Å². The number of pyridine rings is 1. The van der Waals surface area contributed by atoms with Gasteiger partial charge in [0.05, 0.1) is 39.6 Å². The summed E-state index contributed by atoms with van der Waals surface area (Å²) in [5, 5.41) is 3.43. The molecule has 1 radical (unpaired) electrons. The first-order valence-electron chi connectivity index (χ1n) is 15.7. The van der Waals surface area contributed by atoms with Gasteiger partial charge in [0.15, 0.2) is 0 Å². The van der Waals surface area contributed by atoms with Gasteiger partial charge in [-0.15, -0.1) is 18.2 Å². The molecule has 9 rings (SSSR count). The minimum absolute atomic E-state index is 0. The van der Waals surface area contributed by atoms with Crippen LogP contribution in [0, 0.1) is 19.9 Å². The first kappa shape index (κ1) is 29.0. The van der Waals surface area contributed by atoms with E-state index >= 15 is 0 Å². The van der Waals surface area contributed by atoms with Crippen molar-refractivity contribution in [1.29, 1.82) is 0 Å². The van der Waals surface area contributed by atoms with Crippen LogP contribution in [0.4, 0.5) is 0 Å². The molecule has 0 fully saturated rings. The molecule has 1 aliphatic heterocycles. The van der Waals surface area contributed by atoms with Crippen LogP contribution in [-0.4, -0.2) is 23.9 Å². The number of aromatic nitrogens is 5. The molecule has 0 saturated carbocycles. The number of nitrogens with zero attached hydrogens (tertiary/aromatic N) is 5. The Balaban J connectivity index is 0.00000312. The monoisotopic (exact) mass is 777 g/mol. The number of rotatable bonds is 1. The zero-order valence-corrected chi connectivity index (χ0v) is 29.5. The third kappa shape index (κ3) is 3.74. The smallest absolute Gasteiger partial charge is 0.102 e. The van der Waals surface area contributed by atoms with Crippen molar-refractivity contribution in [3.63, 3.8) is 0 Å². The van der Waals surface area contributed by atoms with Crippen molar-refractivity contribution < 1.29 is 20.1 Å². The predicted molar refractivity (Wildman–Crippen MR) is 185 cm³/mol. The van der Waals surface area contributed by atoms with Crippen molar-refractivity contribution in [1.82, 2.24) is 23.9 Å². The van der Waals surface area contributed by atoms with Crippen LogP contribution in [0.3, 0.4) is 0 Å². The van der Waals surface area contributed by atoms with E-state index in [0.29, 0.717) is 0 Å². The molecule has 46 heavy (non-hydrogen) atoms. The number of hydrogen-bond donors (Lipinski definition) is 0. The van der Waals surface area contributed by atoms with Gasteiger partial charge in [0, 0.05) is 47.9 Å². The molecule has 0 bridgehead atoms. The van der Waals surface area contributed by atoms with Crippen LogP contribution in [0.2, 0.25) is 0 Å². The van der Waals surface area contributed by atoms with Crippen molar-refractivity contribution in [2.24, 2.45) is 0 Å². The molecular formula is C40H34IrN5-. The number of fused-ring (bicyclic) bond motifs is 10. The summed E-state index contributed by atoms with van der Waals surface area (Å²) in [4.78, 5) is 15.2. The van der Waals surface area contributed by atoms with E-state index in [1.54, 1.807) is 0 Å². The number of imidazole rings is 1. The van der Waals surface area contributed by atoms with Gasteiger partial charge in [0.1, 0.15) is 5.82 Å². The molecule has 1 aliphatic rings. The summed E-state index contributed by atoms with van der Waals surface area (Å²) in [6, 6.07) is 27.9. The van der Waals surface area contributed by atoms with Gasteiger partial charge < -0.3 is 8.97 Å². The topological polar surface area (TPSA) is 48.0 Å². The summed E-state index contributed by atoms with van der Waals surface area (Å²) in [7, 11) is 0. The summed E-state index contributed by atoms with van der Waals surface area (Å²) >= 11 is 0. The summed E-state index contributed by atoms with van der Waals surface area (Å²) < 4.78 is 4.67. The number of para-hydroxylation sites is 1. The van der Waals surface area contributed by atoms with E-state index in [0.717, 1.165) is 50.2 Å². The zero-order chi connectivity index (χ0) is 31.0. The van der Waals surface area contributed by atoms with Gasteiger partial charge in [0.25, 0.3) is 0 Å². The molecule has 229 valence electrons. The Hall–Kier alpha value is -4.38. The van der Waals surface area contributed by atoms with Gasteiger partial charge in [0.2, 0.25) is 0 Å². The Kier molecular flexibility index (Phi) is 6.04. The van der Waals surface area contributed by atoms with Crippen LogP contribution in [0.5, 0.6) is 0 Å². The minimum atomic E-state index is -0.205. The second kappa shape index (κ2) is 9.57. The maximum Gasteiger partial charge on any atom is 0.102 e. The number of hydrogen-bond acceptors (Lipinski definition) is 3. The Labute approximate surface area is 281 Å². The minimum Gasteiger partial charge on any atom is -0.321 e. The van der Waals surface area contributed by atoms with Crippen LogP contribution in [-0.2, 0) is 30.9 Å².